The van der Waals surface area contributed by atoms with E-state index in [4.69, 9.17) is 4.74 Å². The lowest BCUT2D eigenvalue weighted by atomic mass is 9.93. The summed E-state index contributed by atoms with van der Waals surface area (Å²) >= 11 is 0. The number of likely N-dealkylation sites (tertiary alicyclic amines) is 1. The van der Waals surface area contributed by atoms with Crippen molar-refractivity contribution in [1.82, 2.24) is 9.88 Å². The molecule has 1 aliphatic rings. The van der Waals surface area contributed by atoms with E-state index in [0.29, 0.717) is 13.2 Å². The molecule has 0 bridgehead atoms. The molecule has 25 heavy (non-hydrogen) atoms. The second-order valence-corrected chi connectivity index (χ2v) is 7.04. The van der Waals surface area contributed by atoms with Crippen molar-refractivity contribution in [3.8, 4) is 5.75 Å². The summed E-state index contributed by atoms with van der Waals surface area (Å²) in [5.41, 5.74) is 1.65. The van der Waals surface area contributed by atoms with Gasteiger partial charge in [-0.1, -0.05) is 24.3 Å². The van der Waals surface area contributed by atoms with Gasteiger partial charge in [0.15, 0.2) is 0 Å². The molecule has 2 N–H and O–H groups in total. The molecule has 4 nitrogen and oxygen atoms in total. The number of piperidine rings is 1. The number of β-amino-alcohol motifs (C(OH)–C–C–N with tert-alkyl or cyclic N) is 1. The van der Waals surface area contributed by atoms with Gasteiger partial charge in [0.05, 0.1) is 0 Å². The second kappa shape index (κ2) is 6.90. The minimum atomic E-state index is -0.785. The number of nitrogens with zero attached hydrogens (tertiary/aromatic N) is 1. The van der Waals surface area contributed by atoms with E-state index >= 15 is 0 Å². The first-order valence-electron chi connectivity index (χ1n) is 8.89. The quantitative estimate of drug-likeness (QED) is 0.749. The largest absolute Gasteiger partial charge is 0.491 e. The van der Waals surface area contributed by atoms with Crippen LogP contribution in [0.25, 0.3) is 10.9 Å². The lowest BCUT2D eigenvalue weighted by Gasteiger charge is -2.39. The van der Waals surface area contributed by atoms with Gasteiger partial charge in [-0.05, 0) is 60.7 Å². The molecule has 0 amide bonds. The predicted octanol–water partition coefficient (Wildman–Crippen LogP) is 3.57. The maximum atomic E-state index is 10.9. The highest BCUT2D eigenvalue weighted by Crippen LogP contribution is 2.25. The van der Waals surface area contributed by atoms with Crippen molar-refractivity contribution in [2.24, 2.45) is 0 Å². The molecule has 130 valence electrons. The fraction of sp³-hybridized carbons (Fsp3) is 0.333. The molecule has 0 spiro atoms. The number of hydrogen-bond donors (Lipinski definition) is 2. The number of fused-ring (bicyclic) bond motifs is 1. The fourth-order valence-electron chi connectivity index (χ4n) is 3.65. The van der Waals surface area contributed by atoms with E-state index in [9.17, 15) is 5.11 Å². The Labute approximate surface area is 148 Å². The summed E-state index contributed by atoms with van der Waals surface area (Å²) in [5, 5.41) is 12.2. The summed E-state index contributed by atoms with van der Waals surface area (Å²) < 4.78 is 5.81. The Balaban J connectivity index is 1.39. The molecule has 1 aliphatic heterocycles. The molecule has 1 aromatic heterocycles. The number of H-pyrrole nitrogens is 1. The molecule has 1 fully saturated rings. The summed E-state index contributed by atoms with van der Waals surface area (Å²) in [5.74, 6) is 0.811. The molecule has 4 rings (SSSR count). The first-order valence-corrected chi connectivity index (χ1v) is 8.89. The molecular formula is C21H24N2O2. The van der Waals surface area contributed by atoms with Crippen LogP contribution in [0.15, 0.2) is 60.8 Å². The van der Waals surface area contributed by atoms with Gasteiger partial charge < -0.3 is 14.8 Å². The van der Waals surface area contributed by atoms with Crippen molar-refractivity contribution in [3.05, 3.63) is 66.4 Å². The summed E-state index contributed by atoms with van der Waals surface area (Å²) in [6.07, 6.45) is 3.74. The molecule has 0 saturated carbocycles. The van der Waals surface area contributed by atoms with Gasteiger partial charge in [0, 0.05) is 24.8 Å². The Kier molecular flexibility index (Phi) is 4.47. The maximum Gasteiger partial charge on any atom is 0.119 e. The number of ether oxygens (including phenoxy) is 1. The van der Waals surface area contributed by atoms with Crippen LogP contribution in [0.5, 0.6) is 5.75 Å². The SMILES string of the molecule is O[C@]1(COc2ccccc2)CCCN(Cc2ccc3[nH]ccc3c2)C1. The molecule has 2 heterocycles. The van der Waals surface area contributed by atoms with Crippen molar-refractivity contribution < 1.29 is 9.84 Å². The van der Waals surface area contributed by atoms with E-state index in [1.54, 1.807) is 0 Å². The van der Waals surface area contributed by atoms with Crippen LogP contribution >= 0.6 is 0 Å². The van der Waals surface area contributed by atoms with Crippen molar-refractivity contribution >= 4 is 10.9 Å². The van der Waals surface area contributed by atoms with E-state index in [1.807, 2.05) is 36.5 Å². The van der Waals surface area contributed by atoms with Crippen molar-refractivity contribution in [3.63, 3.8) is 0 Å². The lowest BCUT2D eigenvalue weighted by molar-refractivity contribution is -0.0621. The smallest absolute Gasteiger partial charge is 0.119 e. The van der Waals surface area contributed by atoms with E-state index in [0.717, 1.165) is 37.2 Å². The number of benzene rings is 2. The van der Waals surface area contributed by atoms with Crippen molar-refractivity contribution in [1.29, 1.82) is 0 Å². The molecule has 0 radical (unpaired) electrons. The van der Waals surface area contributed by atoms with Gasteiger partial charge in [-0.25, -0.2) is 0 Å². The van der Waals surface area contributed by atoms with E-state index < -0.39 is 5.60 Å². The standard InChI is InChI=1S/C21H24N2O2/c24-21(16-25-19-5-2-1-3-6-19)10-4-12-23(15-21)14-17-7-8-20-18(13-17)9-11-22-20/h1-3,5-9,11,13,22,24H,4,10,12,14-16H2/t21-/m1/s1. The van der Waals surface area contributed by atoms with E-state index in [2.05, 4.69) is 34.1 Å². The van der Waals surface area contributed by atoms with E-state index in [1.165, 1.54) is 10.9 Å². The summed E-state index contributed by atoms with van der Waals surface area (Å²) in [7, 11) is 0. The van der Waals surface area contributed by atoms with E-state index in [-0.39, 0.29) is 0 Å². The summed E-state index contributed by atoms with van der Waals surface area (Å²) in [6.45, 7) is 2.85. The number of hydrogen-bond acceptors (Lipinski definition) is 3. The summed E-state index contributed by atoms with van der Waals surface area (Å²) in [4.78, 5) is 5.55. The minimum absolute atomic E-state index is 0.338. The Hall–Kier alpha value is -2.30. The molecule has 1 atom stereocenters. The number of aromatic amines is 1. The Morgan fingerprint density at radius 1 is 1.12 bits per heavy atom. The zero-order valence-electron chi connectivity index (χ0n) is 14.3. The molecule has 0 aliphatic carbocycles. The third-order valence-electron chi connectivity index (χ3n) is 4.91. The highest BCUT2D eigenvalue weighted by Gasteiger charge is 2.34. The van der Waals surface area contributed by atoms with Crippen LogP contribution < -0.4 is 4.74 Å². The average molecular weight is 336 g/mol. The average Bonchev–Trinajstić information content (AvgIpc) is 3.09. The Bertz CT molecular complexity index is 830. The van der Waals surface area contributed by atoms with Crippen molar-refractivity contribution in [2.45, 2.75) is 25.0 Å². The lowest BCUT2D eigenvalue weighted by Crippen LogP contribution is -2.51. The zero-order chi connectivity index (χ0) is 17.1. The summed E-state index contributed by atoms with van der Waals surface area (Å²) in [6, 6.07) is 18.3. The number of para-hydroxylation sites is 1. The van der Waals surface area contributed by atoms with Gasteiger partial charge in [-0.15, -0.1) is 0 Å². The second-order valence-electron chi connectivity index (χ2n) is 7.04. The third-order valence-corrected chi connectivity index (χ3v) is 4.91. The van der Waals surface area contributed by atoms with Gasteiger partial charge in [0.1, 0.15) is 18.0 Å². The van der Waals surface area contributed by atoms with Gasteiger partial charge in [-0.3, -0.25) is 4.90 Å². The molecule has 2 aromatic carbocycles. The molecular weight excluding hydrogens is 312 g/mol. The zero-order valence-corrected chi connectivity index (χ0v) is 14.3. The minimum Gasteiger partial charge on any atom is -0.491 e. The van der Waals surface area contributed by atoms with Crippen LogP contribution in [0.2, 0.25) is 0 Å². The normalized spacial score (nSPS) is 21.5. The van der Waals surface area contributed by atoms with Gasteiger partial charge in [-0.2, -0.15) is 0 Å². The van der Waals surface area contributed by atoms with Crippen molar-refractivity contribution in [2.75, 3.05) is 19.7 Å². The first-order chi connectivity index (χ1) is 12.2. The predicted molar refractivity (Wildman–Crippen MR) is 99.7 cm³/mol. The molecule has 1 saturated heterocycles. The first kappa shape index (κ1) is 16.2. The van der Waals surface area contributed by atoms with Gasteiger partial charge in [0.25, 0.3) is 0 Å². The monoisotopic (exact) mass is 336 g/mol. The fourth-order valence-corrected chi connectivity index (χ4v) is 3.65. The number of nitrogens with one attached hydrogen (secondary N) is 1. The number of rotatable bonds is 5. The molecule has 0 unspecified atom stereocenters. The molecule has 4 heteroatoms. The van der Waals surface area contributed by atoms with Crippen LogP contribution in [-0.4, -0.2) is 40.3 Å². The maximum absolute atomic E-state index is 10.9. The van der Waals surface area contributed by atoms with Gasteiger partial charge in [0.2, 0.25) is 0 Å². The Morgan fingerprint density at radius 3 is 2.88 bits per heavy atom. The topological polar surface area (TPSA) is 48.5 Å². The highest BCUT2D eigenvalue weighted by atomic mass is 16.5. The van der Waals surface area contributed by atoms with Crippen LogP contribution in [0.1, 0.15) is 18.4 Å². The van der Waals surface area contributed by atoms with Crippen LogP contribution in [0, 0.1) is 0 Å². The Morgan fingerprint density at radius 2 is 2.00 bits per heavy atom. The van der Waals surface area contributed by atoms with Crippen LogP contribution in [0.3, 0.4) is 0 Å². The number of aromatic nitrogens is 1. The third kappa shape index (κ3) is 3.86. The van der Waals surface area contributed by atoms with Crippen LogP contribution in [0.4, 0.5) is 0 Å². The molecule has 3 aromatic rings. The van der Waals surface area contributed by atoms with Gasteiger partial charge >= 0.3 is 0 Å². The highest BCUT2D eigenvalue weighted by molar-refractivity contribution is 5.79. The number of aliphatic hydroxyl groups is 1. The van der Waals surface area contributed by atoms with Crippen LogP contribution in [-0.2, 0) is 6.54 Å².